The Kier molecular flexibility index (Phi) is 5.21. The van der Waals surface area contributed by atoms with Gasteiger partial charge in [-0.1, -0.05) is 24.3 Å². The van der Waals surface area contributed by atoms with Gasteiger partial charge in [-0.2, -0.15) is 0 Å². The molecule has 1 aliphatic rings. The molecule has 0 saturated carbocycles. The Balaban J connectivity index is 1.22. The SMILES string of the molecule is O=C(NCc1nnc2n1CCN(Cc1cc3ccccc3o1)CC2)c1cccc(F)c1. The van der Waals surface area contributed by atoms with Crippen molar-refractivity contribution >= 4 is 16.9 Å². The zero-order valence-corrected chi connectivity index (χ0v) is 16.9. The minimum Gasteiger partial charge on any atom is -0.460 e. The van der Waals surface area contributed by atoms with Gasteiger partial charge >= 0.3 is 0 Å². The zero-order valence-electron chi connectivity index (χ0n) is 16.9. The van der Waals surface area contributed by atoms with Crippen molar-refractivity contribution in [1.29, 1.82) is 0 Å². The molecule has 0 spiro atoms. The predicted octanol–water partition coefficient (Wildman–Crippen LogP) is 3.15. The van der Waals surface area contributed by atoms with Crippen LogP contribution in [0, 0.1) is 5.82 Å². The van der Waals surface area contributed by atoms with Crippen LogP contribution in [-0.4, -0.2) is 38.7 Å². The lowest BCUT2D eigenvalue weighted by Crippen LogP contribution is -2.27. The molecule has 7 nitrogen and oxygen atoms in total. The van der Waals surface area contributed by atoms with Gasteiger partial charge < -0.3 is 14.3 Å². The Hall–Kier alpha value is -3.52. The molecule has 4 aromatic rings. The van der Waals surface area contributed by atoms with Crippen LogP contribution in [0.2, 0.25) is 0 Å². The van der Waals surface area contributed by atoms with E-state index in [1.165, 1.54) is 18.2 Å². The highest BCUT2D eigenvalue weighted by molar-refractivity contribution is 5.94. The van der Waals surface area contributed by atoms with Gasteiger partial charge in [-0.15, -0.1) is 10.2 Å². The summed E-state index contributed by atoms with van der Waals surface area (Å²) in [5.74, 6) is 1.78. The topological polar surface area (TPSA) is 76.2 Å². The van der Waals surface area contributed by atoms with E-state index in [4.69, 9.17) is 4.42 Å². The first-order chi connectivity index (χ1) is 15.2. The average Bonchev–Trinajstić information content (AvgIpc) is 3.31. The van der Waals surface area contributed by atoms with Gasteiger partial charge in [0.1, 0.15) is 23.0 Å². The van der Waals surface area contributed by atoms with Crippen molar-refractivity contribution in [2.24, 2.45) is 0 Å². The molecule has 158 valence electrons. The monoisotopic (exact) mass is 419 g/mol. The number of rotatable bonds is 5. The van der Waals surface area contributed by atoms with Crippen LogP contribution in [0.4, 0.5) is 4.39 Å². The van der Waals surface area contributed by atoms with Crippen molar-refractivity contribution in [2.45, 2.75) is 26.1 Å². The Morgan fingerprint density at radius 2 is 1.97 bits per heavy atom. The number of carbonyl (C=O) groups excluding carboxylic acids is 1. The molecular formula is C23H22FN5O2. The molecule has 0 atom stereocenters. The summed E-state index contributed by atoms with van der Waals surface area (Å²) in [6, 6.07) is 15.7. The number of aromatic nitrogens is 3. The lowest BCUT2D eigenvalue weighted by atomic mass is 10.2. The molecule has 0 unspecified atom stereocenters. The fourth-order valence-electron chi connectivity index (χ4n) is 3.94. The highest BCUT2D eigenvalue weighted by Crippen LogP contribution is 2.21. The first-order valence-electron chi connectivity index (χ1n) is 10.3. The minimum absolute atomic E-state index is 0.242. The number of para-hydroxylation sites is 1. The normalized spacial score (nSPS) is 14.4. The van der Waals surface area contributed by atoms with Gasteiger partial charge in [-0.05, 0) is 30.3 Å². The van der Waals surface area contributed by atoms with Crippen molar-refractivity contribution in [3.05, 3.63) is 83.4 Å². The molecule has 2 aromatic carbocycles. The van der Waals surface area contributed by atoms with E-state index in [0.29, 0.717) is 5.82 Å². The lowest BCUT2D eigenvalue weighted by molar-refractivity contribution is 0.0949. The Bertz CT molecular complexity index is 1200. The molecule has 0 fully saturated rings. The Labute approximate surface area is 178 Å². The minimum atomic E-state index is -0.437. The summed E-state index contributed by atoms with van der Waals surface area (Å²) in [5.41, 5.74) is 1.19. The van der Waals surface area contributed by atoms with Gasteiger partial charge in [0.15, 0.2) is 5.82 Å². The van der Waals surface area contributed by atoms with Crippen molar-refractivity contribution in [2.75, 3.05) is 13.1 Å². The summed E-state index contributed by atoms with van der Waals surface area (Å²) in [7, 11) is 0. The third-order valence-corrected chi connectivity index (χ3v) is 5.55. The highest BCUT2D eigenvalue weighted by atomic mass is 19.1. The first kappa shape index (κ1) is 19.4. The van der Waals surface area contributed by atoms with Crippen molar-refractivity contribution in [3.8, 4) is 0 Å². The Morgan fingerprint density at radius 3 is 2.84 bits per heavy atom. The van der Waals surface area contributed by atoms with Crippen LogP contribution in [0.25, 0.3) is 11.0 Å². The molecule has 31 heavy (non-hydrogen) atoms. The van der Waals surface area contributed by atoms with E-state index < -0.39 is 5.82 Å². The van der Waals surface area contributed by atoms with Gasteiger partial charge in [-0.25, -0.2) is 4.39 Å². The smallest absolute Gasteiger partial charge is 0.251 e. The summed E-state index contributed by atoms with van der Waals surface area (Å²) in [6.45, 7) is 3.38. The second-order valence-corrected chi connectivity index (χ2v) is 7.65. The number of halogens is 1. The van der Waals surface area contributed by atoms with Crippen molar-refractivity contribution in [3.63, 3.8) is 0 Å². The van der Waals surface area contributed by atoms with E-state index in [2.05, 4.69) is 37.1 Å². The number of furan rings is 1. The quantitative estimate of drug-likeness (QED) is 0.538. The summed E-state index contributed by atoms with van der Waals surface area (Å²) in [4.78, 5) is 14.6. The predicted molar refractivity (Wildman–Crippen MR) is 113 cm³/mol. The standard InChI is InChI=1S/C23H22FN5O2/c24-18-6-3-5-17(12-18)23(30)25-14-22-27-26-21-8-9-28(10-11-29(21)22)15-19-13-16-4-1-2-7-20(16)31-19/h1-7,12-13H,8-11,14-15H2,(H,25,30). The van der Waals surface area contributed by atoms with Crippen LogP contribution in [0.1, 0.15) is 27.8 Å². The van der Waals surface area contributed by atoms with Crippen LogP contribution in [0.3, 0.4) is 0 Å². The van der Waals surface area contributed by atoms with Crippen LogP contribution in [0.5, 0.6) is 0 Å². The lowest BCUT2D eigenvalue weighted by Gasteiger charge is -2.18. The molecule has 5 rings (SSSR count). The third kappa shape index (κ3) is 4.20. The van der Waals surface area contributed by atoms with Gasteiger partial charge in [0.2, 0.25) is 0 Å². The van der Waals surface area contributed by atoms with E-state index in [1.807, 2.05) is 18.2 Å². The number of hydrogen-bond donors (Lipinski definition) is 1. The summed E-state index contributed by atoms with van der Waals surface area (Å²) in [5, 5.41) is 12.5. The van der Waals surface area contributed by atoms with Crippen LogP contribution >= 0.6 is 0 Å². The highest BCUT2D eigenvalue weighted by Gasteiger charge is 2.20. The maximum atomic E-state index is 13.3. The van der Waals surface area contributed by atoms with Gasteiger partial charge in [0.05, 0.1) is 13.1 Å². The molecular weight excluding hydrogens is 397 g/mol. The number of hydrogen-bond acceptors (Lipinski definition) is 5. The maximum absolute atomic E-state index is 13.3. The van der Waals surface area contributed by atoms with Crippen LogP contribution in [-0.2, 0) is 26.1 Å². The molecule has 0 saturated heterocycles. The van der Waals surface area contributed by atoms with Gasteiger partial charge in [0.25, 0.3) is 5.91 Å². The molecule has 8 heteroatoms. The van der Waals surface area contributed by atoms with E-state index in [9.17, 15) is 9.18 Å². The number of amides is 1. The Morgan fingerprint density at radius 1 is 1.06 bits per heavy atom. The first-order valence-corrected chi connectivity index (χ1v) is 10.3. The largest absolute Gasteiger partial charge is 0.460 e. The molecule has 1 aliphatic heterocycles. The van der Waals surface area contributed by atoms with Gasteiger partial charge in [0, 0.05) is 37.0 Å². The van der Waals surface area contributed by atoms with Gasteiger partial charge in [-0.3, -0.25) is 9.69 Å². The second-order valence-electron chi connectivity index (χ2n) is 7.65. The zero-order chi connectivity index (χ0) is 21.2. The van der Waals surface area contributed by atoms with Crippen LogP contribution < -0.4 is 5.32 Å². The fourth-order valence-corrected chi connectivity index (χ4v) is 3.94. The van der Waals surface area contributed by atoms with Crippen LogP contribution in [0.15, 0.2) is 59.0 Å². The number of carbonyl (C=O) groups is 1. The summed E-state index contributed by atoms with van der Waals surface area (Å²) in [6.07, 6.45) is 0.769. The molecule has 0 aliphatic carbocycles. The van der Waals surface area contributed by atoms with Crippen molar-refractivity contribution < 1.29 is 13.6 Å². The summed E-state index contributed by atoms with van der Waals surface area (Å²) < 4.78 is 21.4. The number of benzene rings is 2. The second kappa shape index (κ2) is 8.31. The summed E-state index contributed by atoms with van der Waals surface area (Å²) >= 11 is 0. The number of nitrogens with one attached hydrogen (secondary N) is 1. The average molecular weight is 419 g/mol. The molecule has 1 N–H and O–H groups in total. The molecule has 0 bridgehead atoms. The molecule has 2 aromatic heterocycles. The number of nitrogens with zero attached hydrogens (tertiary/aromatic N) is 4. The van der Waals surface area contributed by atoms with Crippen molar-refractivity contribution in [1.82, 2.24) is 25.0 Å². The van der Waals surface area contributed by atoms with E-state index in [1.54, 1.807) is 6.07 Å². The maximum Gasteiger partial charge on any atom is 0.251 e. The fraction of sp³-hybridized carbons (Fsp3) is 0.261. The number of fused-ring (bicyclic) bond motifs is 2. The van der Waals surface area contributed by atoms with E-state index in [0.717, 1.165) is 55.2 Å². The van der Waals surface area contributed by atoms with E-state index in [-0.39, 0.29) is 18.0 Å². The molecule has 1 amide bonds. The molecule has 3 heterocycles. The third-order valence-electron chi connectivity index (χ3n) is 5.55. The van der Waals surface area contributed by atoms with E-state index >= 15 is 0 Å². The molecule has 0 radical (unpaired) electrons.